The molecule has 0 aliphatic rings. The van der Waals surface area contributed by atoms with Crippen molar-refractivity contribution in [3.63, 3.8) is 0 Å². The second-order valence-electron chi connectivity index (χ2n) is 6.51. The first kappa shape index (κ1) is 18.8. The van der Waals surface area contributed by atoms with Crippen molar-refractivity contribution in [1.82, 2.24) is 0 Å². The zero-order chi connectivity index (χ0) is 16.8. The molecule has 0 atom stereocenters. The average molecular weight is 322 g/mol. The number of benzene rings is 1. The Balaban J connectivity index is 2.48. The lowest BCUT2D eigenvalue weighted by atomic mass is 10.0. The van der Waals surface area contributed by atoms with Crippen molar-refractivity contribution in [2.75, 3.05) is 12.9 Å². The van der Waals surface area contributed by atoms with Crippen molar-refractivity contribution in [3.05, 3.63) is 29.8 Å². The molecule has 0 amide bonds. The van der Waals surface area contributed by atoms with Gasteiger partial charge in [0.25, 0.3) is 0 Å². The van der Waals surface area contributed by atoms with Gasteiger partial charge in [0.1, 0.15) is 11.5 Å². The molecular formula is C18H26O3S. The first-order chi connectivity index (χ1) is 10.2. The molecule has 0 radical (unpaired) electrons. The van der Waals surface area contributed by atoms with Crippen LogP contribution in [0.3, 0.4) is 0 Å². The number of hydrogen-bond acceptors (Lipinski definition) is 4. The number of ketones is 2. The third-order valence-electron chi connectivity index (χ3n) is 3.29. The first-order valence-corrected chi connectivity index (χ1v) is 8.55. The maximum Gasteiger partial charge on any atom is 0.170 e. The van der Waals surface area contributed by atoms with E-state index in [1.807, 2.05) is 0 Å². The van der Waals surface area contributed by atoms with E-state index in [0.29, 0.717) is 23.0 Å². The van der Waals surface area contributed by atoms with E-state index in [9.17, 15) is 9.59 Å². The first-order valence-electron chi connectivity index (χ1n) is 7.56. The van der Waals surface area contributed by atoms with E-state index in [1.165, 1.54) is 0 Å². The Morgan fingerprint density at radius 2 is 1.77 bits per heavy atom. The summed E-state index contributed by atoms with van der Waals surface area (Å²) in [7, 11) is 1.58. The van der Waals surface area contributed by atoms with E-state index in [0.717, 1.165) is 6.42 Å². The molecule has 0 saturated heterocycles. The highest BCUT2D eigenvalue weighted by molar-refractivity contribution is 8.01. The van der Waals surface area contributed by atoms with Crippen LogP contribution in [-0.2, 0) is 4.79 Å². The average Bonchev–Trinajstić information content (AvgIpc) is 2.44. The lowest BCUT2D eigenvalue weighted by Gasteiger charge is -2.25. The van der Waals surface area contributed by atoms with E-state index < -0.39 is 0 Å². The molecular weight excluding hydrogens is 296 g/mol. The highest BCUT2D eigenvalue weighted by atomic mass is 32.2. The number of carbonyl (C=O) groups excluding carboxylic acids is 2. The summed E-state index contributed by atoms with van der Waals surface area (Å²) in [6.45, 7) is 8.65. The van der Waals surface area contributed by atoms with Gasteiger partial charge in [-0.1, -0.05) is 27.7 Å². The summed E-state index contributed by atoms with van der Waals surface area (Å²) in [6.07, 6.45) is 1.02. The van der Waals surface area contributed by atoms with Crippen LogP contribution in [0.25, 0.3) is 0 Å². The van der Waals surface area contributed by atoms with Gasteiger partial charge in [-0.05, 0) is 36.6 Å². The van der Waals surface area contributed by atoms with Crippen LogP contribution in [0.1, 0.15) is 50.9 Å². The van der Waals surface area contributed by atoms with Crippen molar-refractivity contribution in [1.29, 1.82) is 0 Å². The fraction of sp³-hybridized carbons (Fsp3) is 0.556. The number of thioether (sulfide) groups is 1. The van der Waals surface area contributed by atoms with Gasteiger partial charge in [0, 0.05) is 10.3 Å². The summed E-state index contributed by atoms with van der Waals surface area (Å²) >= 11 is 1.64. The van der Waals surface area contributed by atoms with E-state index in [4.69, 9.17) is 4.74 Å². The fourth-order valence-electron chi connectivity index (χ4n) is 2.43. The molecule has 122 valence electrons. The highest BCUT2D eigenvalue weighted by Gasteiger charge is 2.22. The quantitative estimate of drug-likeness (QED) is 0.499. The van der Waals surface area contributed by atoms with Gasteiger partial charge in [0.05, 0.1) is 19.3 Å². The number of carbonyl (C=O) groups is 2. The van der Waals surface area contributed by atoms with E-state index in [2.05, 4.69) is 27.7 Å². The van der Waals surface area contributed by atoms with Crippen LogP contribution >= 0.6 is 11.8 Å². The Kier molecular flexibility index (Phi) is 7.14. The Bertz CT molecular complexity index is 504. The fourth-order valence-corrected chi connectivity index (χ4v) is 3.53. The minimum atomic E-state index is -0.130. The predicted molar refractivity (Wildman–Crippen MR) is 92.9 cm³/mol. The molecule has 3 nitrogen and oxygen atoms in total. The second kappa shape index (κ2) is 8.37. The van der Waals surface area contributed by atoms with Gasteiger partial charge in [-0.15, -0.1) is 11.8 Å². The molecule has 0 spiro atoms. The van der Waals surface area contributed by atoms with Crippen molar-refractivity contribution >= 4 is 23.3 Å². The molecule has 0 unspecified atom stereocenters. The minimum Gasteiger partial charge on any atom is -0.497 e. The molecule has 0 saturated carbocycles. The zero-order valence-electron chi connectivity index (χ0n) is 14.1. The molecule has 0 aliphatic heterocycles. The number of Topliss-reactive ketones (excluding diaryl/α,β-unsaturated/α-hetero) is 2. The van der Waals surface area contributed by atoms with Crippen LogP contribution in [0.5, 0.6) is 5.75 Å². The molecule has 0 fully saturated rings. The summed E-state index contributed by atoms with van der Waals surface area (Å²) in [4.78, 5) is 24.1. The lowest BCUT2D eigenvalue weighted by molar-refractivity contribution is -0.115. The SMILES string of the molecule is COc1ccc(C(=O)CC(=O)CSC(C)(C)CC(C)C)cc1. The maximum atomic E-state index is 12.1. The molecule has 0 bridgehead atoms. The molecule has 0 heterocycles. The highest BCUT2D eigenvalue weighted by Crippen LogP contribution is 2.31. The van der Waals surface area contributed by atoms with Gasteiger partial charge < -0.3 is 4.74 Å². The number of methoxy groups -OCH3 is 1. The monoisotopic (exact) mass is 322 g/mol. The van der Waals surface area contributed by atoms with Crippen molar-refractivity contribution < 1.29 is 14.3 Å². The molecule has 1 aromatic carbocycles. The van der Waals surface area contributed by atoms with Gasteiger partial charge in [-0.3, -0.25) is 9.59 Å². The molecule has 4 heteroatoms. The van der Waals surface area contributed by atoms with Gasteiger partial charge in [0.15, 0.2) is 5.78 Å². The van der Waals surface area contributed by atoms with Gasteiger partial charge in [-0.2, -0.15) is 0 Å². The van der Waals surface area contributed by atoms with E-state index >= 15 is 0 Å². The van der Waals surface area contributed by atoms with Crippen LogP contribution < -0.4 is 4.74 Å². The molecule has 0 aliphatic carbocycles. The Morgan fingerprint density at radius 3 is 2.27 bits per heavy atom. The normalized spacial score (nSPS) is 11.5. The van der Waals surface area contributed by atoms with Crippen LogP contribution in [0.4, 0.5) is 0 Å². The molecule has 0 N–H and O–H groups in total. The van der Waals surface area contributed by atoms with Crippen molar-refractivity contribution in [3.8, 4) is 5.75 Å². The number of hydrogen-bond donors (Lipinski definition) is 0. The summed E-state index contributed by atoms with van der Waals surface area (Å²) in [6, 6.07) is 6.87. The standard InChI is InChI=1S/C18H26O3S/c1-13(2)11-18(3,4)22-12-15(19)10-17(20)14-6-8-16(21-5)9-7-14/h6-9,13H,10-12H2,1-5H3. The Hall–Kier alpha value is -1.29. The van der Waals surface area contributed by atoms with Crippen molar-refractivity contribution in [2.45, 2.75) is 45.3 Å². The van der Waals surface area contributed by atoms with E-state index in [-0.39, 0.29) is 22.7 Å². The van der Waals surface area contributed by atoms with Gasteiger partial charge in [-0.25, -0.2) is 0 Å². The van der Waals surface area contributed by atoms with Crippen LogP contribution in [0.15, 0.2) is 24.3 Å². The zero-order valence-corrected chi connectivity index (χ0v) is 15.0. The third-order valence-corrected chi connectivity index (χ3v) is 4.71. The summed E-state index contributed by atoms with van der Waals surface area (Å²) in [5.41, 5.74) is 0.556. The minimum absolute atomic E-state index is 0.0114. The summed E-state index contributed by atoms with van der Waals surface area (Å²) in [5.74, 6) is 1.55. The smallest absolute Gasteiger partial charge is 0.170 e. The molecule has 22 heavy (non-hydrogen) atoms. The molecule has 1 aromatic rings. The topological polar surface area (TPSA) is 43.4 Å². The van der Waals surface area contributed by atoms with Gasteiger partial charge >= 0.3 is 0 Å². The maximum absolute atomic E-state index is 12.1. The summed E-state index contributed by atoms with van der Waals surface area (Å²) in [5, 5.41) is 0. The summed E-state index contributed by atoms with van der Waals surface area (Å²) < 4.78 is 5.12. The second-order valence-corrected chi connectivity index (χ2v) is 8.20. The third kappa shape index (κ3) is 6.65. The van der Waals surface area contributed by atoms with E-state index in [1.54, 1.807) is 43.1 Å². The Labute approximate surface area is 137 Å². The van der Waals surface area contributed by atoms with Crippen LogP contribution in [0, 0.1) is 5.92 Å². The predicted octanol–water partition coefficient (Wildman–Crippen LogP) is 4.40. The largest absolute Gasteiger partial charge is 0.497 e. The van der Waals surface area contributed by atoms with Gasteiger partial charge in [0.2, 0.25) is 0 Å². The Morgan fingerprint density at radius 1 is 1.18 bits per heavy atom. The van der Waals surface area contributed by atoms with Crippen LogP contribution in [-0.4, -0.2) is 29.2 Å². The lowest BCUT2D eigenvalue weighted by Crippen LogP contribution is -2.21. The number of ether oxygens (including phenoxy) is 1. The molecule has 1 rings (SSSR count). The molecule has 0 aromatic heterocycles. The van der Waals surface area contributed by atoms with Crippen molar-refractivity contribution in [2.24, 2.45) is 5.92 Å². The van der Waals surface area contributed by atoms with Crippen LogP contribution in [0.2, 0.25) is 0 Å². The number of rotatable bonds is 9.